The van der Waals surface area contributed by atoms with Crippen LogP contribution < -0.4 is 0 Å². The molecule has 0 bridgehead atoms. The number of benzene rings is 3. The normalized spacial score (nSPS) is 11.3. The minimum Gasteiger partial charge on any atom is -0.0837 e. The highest BCUT2D eigenvalue weighted by molar-refractivity contribution is 6.43. The molecule has 0 saturated heterocycles. The molecular formula is C14H6Cl4. The molecule has 90 valence electrons. The third kappa shape index (κ3) is 1.85. The first-order chi connectivity index (χ1) is 8.58. The molecule has 0 unspecified atom stereocenters. The van der Waals surface area contributed by atoms with Crippen LogP contribution in [0.3, 0.4) is 0 Å². The molecule has 0 spiro atoms. The fourth-order valence-electron chi connectivity index (χ4n) is 2.04. The largest absolute Gasteiger partial charge is 0.0837 e. The van der Waals surface area contributed by atoms with Crippen molar-refractivity contribution in [1.29, 1.82) is 0 Å². The molecule has 0 aliphatic heterocycles. The lowest BCUT2D eigenvalue weighted by Crippen LogP contribution is -1.81. The summed E-state index contributed by atoms with van der Waals surface area (Å²) in [6.45, 7) is 0. The topological polar surface area (TPSA) is 0 Å². The van der Waals surface area contributed by atoms with Crippen LogP contribution in [0, 0.1) is 0 Å². The molecule has 3 aromatic rings. The molecule has 3 rings (SSSR count). The summed E-state index contributed by atoms with van der Waals surface area (Å²) < 4.78 is 0. The van der Waals surface area contributed by atoms with Crippen LogP contribution in [-0.4, -0.2) is 0 Å². The van der Waals surface area contributed by atoms with E-state index in [0.717, 1.165) is 21.5 Å². The molecule has 3 aromatic carbocycles. The lowest BCUT2D eigenvalue weighted by Gasteiger charge is -2.08. The molecule has 18 heavy (non-hydrogen) atoms. The van der Waals surface area contributed by atoms with Crippen molar-refractivity contribution in [3.63, 3.8) is 0 Å². The Morgan fingerprint density at radius 3 is 0.889 bits per heavy atom. The van der Waals surface area contributed by atoms with Crippen molar-refractivity contribution in [2.24, 2.45) is 0 Å². The molecule has 0 aliphatic carbocycles. The van der Waals surface area contributed by atoms with Crippen molar-refractivity contribution in [2.75, 3.05) is 0 Å². The number of rotatable bonds is 0. The van der Waals surface area contributed by atoms with E-state index >= 15 is 0 Å². The summed E-state index contributed by atoms with van der Waals surface area (Å²) in [6, 6.07) is 10.9. The summed E-state index contributed by atoms with van der Waals surface area (Å²) in [7, 11) is 0. The standard InChI is InChI=1S/C14H6Cl4/c15-11-1-2-12(16)8-6-10-9(5-7(8)11)13(17)3-4-14(10)18/h1-6H. The van der Waals surface area contributed by atoms with E-state index in [4.69, 9.17) is 46.4 Å². The molecule has 0 fully saturated rings. The van der Waals surface area contributed by atoms with E-state index in [1.807, 2.05) is 12.1 Å². The van der Waals surface area contributed by atoms with Gasteiger partial charge in [-0.1, -0.05) is 46.4 Å². The molecule has 0 nitrogen and oxygen atoms in total. The molecule has 4 heteroatoms. The van der Waals surface area contributed by atoms with Gasteiger partial charge in [0.15, 0.2) is 0 Å². The van der Waals surface area contributed by atoms with Gasteiger partial charge in [-0.2, -0.15) is 0 Å². The first-order valence-corrected chi connectivity index (χ1v) is 6.74. The van der Waals surface area contributed by atoms with Gasteiger partial charge in [0.05, 0.1) is 0 Å². The van der Waals surface area contributed by atoms with Crippen LogP contribution in [0.4, 0.5) is 0 Å². The predicted molar refractivity (Wildman–Crippen MR) is 81.5 cm³/mol. The molecule has 0 atom stereocenters. The van der Waals surface area contributed by atoms with Gasteiger partial charge in [0.2, 0.25) is 0 Å². The van der Waals surface area contributed by atoms with Crippen molar-refractivity contribution < 1.29 is 0 Å². The van der Waals surface area contributed by atoms with Gasteiger partial charge >= 0.3 is 0 Å². The van der Waals surface area contributed by atoms with Crippen LogP contribution in [0.15, 0.2) is 36.4 Å². The zero-order valence-electron chi connectivity index (χ0n) is 8.98. The van der Waals surface area contributed by atoms with Gasteiger partial charge in [0.1, 0.15) is 0 Å². The molecule has 0 radical (unpaired) electrons. The maximum atomic E-state index is 6.19. The Morgan fingerprint density at radius 2 is 0.667 bits per heavy atom. The SMILES string of the molecule is Clc1ccc(Cl)c2cc3c(Cl)ccc(Cl)c3cc12. The smallest absolute Gasteiger partial charge is 0.0485 e. The van der Waals surface area contributed by atoms with Crippen LogP contribution in [0.2, 0.25) is 20.1 Å². The maximum absolute atomic E-state index is 6.19. The highest BCUT2D eigenvalue weighted by atomic mass is 35.5. The highest BCUT2D eigenvalue weighted by Crippen LogP contribution is 2.37. The molecular weight excluding hydrogens is 310 g/mol. The van der Waals surface area contributed by atoms with Crippen molar-refractivity contribution in [3.8, 4) is 0 Å². The van der Waals surface area contributed by atoms with Crippen molar-refractivity contribution in [1.82, 2.24) is 0 Å². The van der Waals surface area contributed by atoms with E-state index < -0.39 is 0 Å². The van der Waals surface area contributed by atoms with Gasteiger partial charge in [-0.25, -0.2) is 0 Å². The van der Waals surface area contributed by atoms with Gasteiger partial charge in [-0.15, -0.1) is 0 Å². The zero-order chi connectivity index (χ0) is 12.9. The van der Waals surface area contributed by atoms with Crippen molar-refractivity contribution in [2.45, 2.75) is 0 Å². The van der Waals surface area contributed by atoms with Crippen LogP contribution in [0.1, 0.15) is 0 Å². The van der Waals surface area contributed by atoms with E-state index in [2.05, 4.69) is 0 Å². The van der Waals surface area contributed by atoms with Crippen molar-refractivity contribution >= 4 is 67.9 Å². The lowest BCUT2D eigenvalue weighted by molar-refractivity contribution is 1.76. The Bertz CT molecular complexity index is 649. The predicted octanol–water partition coefficient (Wildman–Crippen LogP) is 6.61. The average molecular weight is 316 g/mol. The molecule has 0 amide bonds. The summed E-state index contributed by atoms with van der Waals surface area (Å²) >= 11 is 24.7. The number of halogens is 4. The second-order valence-electron chi connectivity index (χ2n) is 4.00. The zero-order valence-corrected chi connectivity index (χ0v) is 12.0. The number of hydrogen-bond acceptors (Lipinski definition) is 0. The van der Waals surface area contributed by atoms with Gasteiger partial charge in [0.25, 0.3) is 0 Å². The van der Waals surface area contributed by atoms with E-state index in [0.29, 0.717) is 20.1 Å². The second-order valence-corrected chi connectivity index (χ2v) is 5.63. The van der Waals surface area contributed by atoms with E-state index in [-0.39, 0.29) is 0 Å². The summed E-state index contributed by atoms with van der Waals surface area (Å²) in [5, 5.41) is 6.09. The Morgan fingerprint density at radius 1 is 0.444 bits per heavy atom. The molecule has 0 aromatic heterocycles. The van der Waals surface area contributed by atoms with Gasteiger partial charge in [-0.3, -0.25) is 0 Å². The van der Waals surface area contributed by atoms with Crippen LogP contribution in [0.25, 0.3) is 21.5 Å². The molecule has 0 saturated carbocycles. The second kappa shape index (κ2) is 4.47. The van der Waals surface area contributed by atoms with Gasteiger partial charge < -0.3 is 0 Å². The van der Waals surface area contributed by atoms with E-state index in [1.165, 1.54) is 0 Å². The number of hydrogen-bond donors (Lipinski definition) is 0. The molecule has 0 aliphatic rings. The molecule has 0 heterocycles. The maximum Gasteiger partial charge on any atom is 0.0485 e. The van der Waals surface area contributed by atoms with Gasteiger partial charge in [-0.05, 0) is 36.4 Å². The lowest BCUT2D eigenvalue weighted by atomic mass is 10.0. The quantitative estimate of drug-likeness (QED) is 0.410. The third-order valence-corrected chi connectivity index (χ3v) is 4.26. The fourth-order valence-corrected chi connectivity index (χ4v) is 2.92. The Hall–Kier alpha value is -0.660. The van der Waals surface area contributed by atoms with E-state index in [9.17, 15) is 0 Å². The van der Waals surface area contributed by atoms with Crippen LogP contribution >= 0.6 is 46.4 Å². The number of fused-ring (bicyclic) bond motifs is 2. The Labute approximate surface area is 124 Å². The Balaban J connectivity index is 2.59. The van der Waals surface area contributed by atoms with Crippen LogP contribution in [-0.2, 0) is 0 Å². The third-order valence-electron chi connectivity index (χ3n) is 2.94. The molecule has 0 N–H and O–H groups in total. The summed E-state index contributed by atoms with van der Waals surface area (Å²) in [5.74, 6) is 0. The van der Waals surface area contributed by atoms with Gasteiger partial charge in [0, 0.05) is 41.6 Å². The fraction of sp³-hybridized carbons (Fsp3) is 0. The van der Waals surface area contributed by atoms with Crippen molar-refractivity contribution in [3.05, 3.63) is 56.5 Å². The minimum absolute atomic E-state index is 0.646. The first kappa shape index (κ1) is 12.4. The van der Waals surface area contributed by atoms with E-state index in [1.54, 1.807) is 24.3 Å². The van der Waals surface area contributed by atoms with Crippen LogP contribution in [0.5, 0.6) is 0 Å². The summed E-state index contributed by atoms with van der Waals surface area (Å²) in [4.78, 5) is 0. The first-order valence-electron chi connectivity index (χ1n) is 5.23. The average Bonchev–Trinajstić information content (AvgIpc) is 2.37. The monoisotopic (exact) mass is 314 g/mol. The minimum atomic E-state index is 0.646. The Kier molecular flexibility index (Phi) is 3.07. The highest BCUT2D eigenvalue weighted by Gasteiger charge is 2.09. The summed E-state index contributed by atoms with van der Waals surface area (Å²) in [5.41, 5.74) is 0. The summed E-state index contributed by atoms with van der Waals surface area (Å²) in [6.07, 6.45) is 0.